The number of nitrogens with zero attached hydrogens (tertiary/aromatic N) is 2. The van der Waals surface area contributed by atoms with Gasteiger partial charge in [0.25, 0.3) is 0 Å². The Morgan fingerprint density at radius 1 is 1.00 bits per heavy atom. The number of hydrogen-bond acceptors (Lipinski definition) is 4. The second kappa shape index (κ2) is 11.9. The molecule has 2 rings (SSSR count). The molecule has 1 atom stereocenters. The van der Waals surface area contributed by atoms with Crippen LogP contribution in [0.25, 0.3) is 0 Å². The molecule has 1 N–H and O–H groups in total. The van der Waals surface area contributed by atoms with E-state index < -0.39 is 51.9 Å². The van der Waals surface area contributed by atoms with E-state index in [1.165, 1.54) is 29.2 Å². The molecule has 11 heteroatoms. The third-order valence-corrected chi connectivity index (χ3v) is 6.21. The number of anilines is 1. The second-order valence-electron chi connectivity index (χ2n) is 7.73. The number of amides is 2. The number of benzene rings is 2. The van der Waals surface area contributed by atoms with Gasteiger partial charge >= 0.3 is 0 Å². The Bertz CT molecular complexity index is 1110. The number of halogens is 3. The van der Waals surface area contributed by atoms with Gasteiger partial charge in [-0.3, -0.25) is 13.9 Å². The lowest BCUT2D eigenvalue weighted by atomic mass is 10.1. The zero-order valence-corrected chi connectivity index (χ0v) is 20.0. The van der Waals surface area contributed by atoms with E-state index >= 15 is 0 Å². The maximum atomic E-state index is 13.8. The molecule has 0 aromatic heterocycles. The average molecular weight is 500 g/mol. The van der Waals surface area contributed by atoms with Crippen molar-refractivity contribution < 1.29 is 31.2 Å². The van der Waals surface area contributed by atoms with Gasteiger partial charge in [-0.15, -0.1) is 0 Å². The van der Waals surface area contributed by atoms with Crippen molar-refractivity contribution in [1.82, 2.24) is 10.2 Å². The lowest BCUT2D eigenvalue weighted by molar-refractivity contribution is -0.140. The predicted molar refractivity (Wildman–Crippen MR) is 123 cm³/mol. The van der Waals surface area contributed by atoms with Gasteiger partial charge in [-0.05, 0) is 42.7 Å². The molecule has 0 saturated heterocycles. The van der Waals surface area contributed by atoms with Gasteiger partial charge in [-0.25, -0.2) is 21.6 Å². The monoisotopic (exact) mass is 499 g/mol. The largest absolute Gasteiger partial charge is 0.354 e. The molecule has 0 spiro atoms. The molecule has 2 aromatic rings. The highest BCUT2D eigenvalue weighted by Gasteiger charge is 2.31. The molecule has 0 aliphatic heterocycles. The Kier molecular flexibility index (Phi) is 9.48. The van der Waals surface area contributed by atoms with E-state index in [-0.39, 0.29) is 18.7 Å². The number of nitrogens with one attached hydrogen (secondary N) is 1. The molecule has 0 fully saturated rings. The van der Waals surface area contributed by atoms with E-state index in [4.69, 9.17) is 0 Å². The molecule has 0 aliphatic rings. The van der Waals surface area contributed by atoms with Crippen molar-refractivity contribution >= 4 is 27.5 Å². The first-order chi connectivity index (χ1) is 16.0. The molecule has 0 saturated carbocycles. The van der Waals surface area contributed by atoms with Crippen molar-refractivity contribution in [2.75, 3.05) is 23.7 Å². The van der Waals surface area contributed by atoms with Gasteiger partial charge in [-0.1, -0.05) is 26.0 Å². The third kappa shape index (κ3) is 7.21. The number of carbonyl (C=O) groups excluding carboxylic acids is 2. The molecular weight excluding hydrogens is 471 g/mol. The molecule has 186 valence electrons. The van der Waals surface area contributed by atoms with Crippen LogP contribution < -0.4 is 9.62 Å². The van der Waals surface area contributed by atoms with Crippen molar-refractivity contribution in [3.8, 4) is 0 Å². The molecule has 34 heavy (non-hydrogen) atoms. The molecule has 0 radical (unpaired) electrons. The van der Waals surface area contributed by atoms with Crippen LogP contribution in [0.4, 0.5) is 18.9 Å². The van der Waals surface area contributed by atoms with Crippen molar-refractivity contribution in [3.05, 3.63) is 65.5 Å². The van der Waals surface area contributed by atoms with Crippen LogP contribution in [-0.2, 0) is 26.2 Å². The topological polar surface area (TPSA) is 86.8 Å². The Labute approximate surface area is 197 Å². The van der Waals surface area contributed by atoms with E-state index in [1.807, 2.05) is 6.92 Å². The van der Waals surface area contributed by atoms with Crippen LogP contribution in [-0.4, -0.2) is 50.5 Å². The predicted octanol–water partition coefficient (Wildman–Crippen LogP) is 3.20. The highest BCUT2D eigenvalue weighted by Crippen LogP contribution is 2.22. The smallest absolute Gasteiger partial charge is 0.244 e. The number of hydrogen-bond donors (Lipinski definition) is 1. The maximum absolute atomic E-state index is 13.8. The SMILES string of the molecule is CCCNC(=O)[C@H](CC)N(Cc1ccc(F)cc1)C(=O)CN(c1ccc(F)c(F)c1)S(C)(=O)=O. The Morgan fingerprint density at radius 2 is 1.65 bits per heavy atom. The van der Waals surface area contributed by atoms with Gasteiger partial charge in [0.15, 0.2) is 11.6 Å². The van der Waals surface area contributed by atoms with Crippen LogP contribution in [0.5, 0.6) is 0 Å². The summed E-state index contributed by atoms with van der Waals surface area (Å²) >= 11 is 0. The maximum Gasteiger partial charge on any atom is 0.244 e. The van der Waals surface area contributed by atoms with Gasteiger partial charge in [0.1, 0.15) is 18.4 Å². The highest BCUT2D eigenvalue weighted by molar-refractivity contribution is 7.92. The van der Waals surface area contributed by atoms with Crippen molar-refractivity contribution in [2.45, 2.75) is 39.3 Å². The molecular formula is C23H28F3N3O4S. The summed E-state index contributed by atoms with van der Waals surface area (Å²) in [5.41, 5.74) is 0.287. The van der Waals surface area contributed by atoms with Gasteiger partial charge in [-0.2, -0.15) is 0 Å². The van der Waals surface area contributed by atoms with Crippen LogP contribution in [0.1, 0.15) is 32.3 Å². The minimum Gasteiger partial charge on any atom is -0.354 e. The summed E-state index contributed by atoms with van der Waals surface area (Å²) in [4.78, 5) is 27.3. The number of rotatable bonds is 11. The summed E-state index contributed by atoms with van der Waals surface area (Å²) in [7, 11) is -4.07. The Morgan fingerprint density at radius 3 is 2.18 bits per heavy atom. The summed E-state index contributed by atoms with van der Waals surface area (Å²) in [6, 6.07) is 6.88. The van der Waals surface area contributed by atoms with Crippen LogP contribution in [0.2, 0.25) is 0 Å². The first kappa shape index (κ1) is 27.2. The van der Waals surface area contributed by atoms with E-state index in [9.17, 15) is 31.2 Å². The fraction of sp³-hybridized carbons (Fsp3) is 0.391. The number of carbonyl (C=O) groups is 2. The van der Waals surface area contributed by atoms with E-state index in [1.54, 1.807) is 6.92 Å². The van der Waals surface area contributed by atoms with Gasteiger partial charge in [0, 0.05) is 19.2 Å². The first-order valence-corrected chi connectivity index (χ1v) is 12.6. The molecule has 0 heterocycles. The minimum absolute atomic E-state index is 0.0907. The summed E-state index contributed by atoms with van der Waals surface area (Å²) in [5, 5.41) is 2.73. The lowest BCUT2D eigenvalue weighted by Crippen LogP contribution is -2.52. The fourth-order valence-electron chi connectivity index (χ4n) is 3.33. The van der Waals surface area contributed by atoms with E-state index in [2.05, 4.69) is 5.32 Å². The molecule has 0 unspecified atom stereocenters. The Hall–Kier alpha value is -3.08. The highest BCUT2D eigenvalue weighted by atomic mass is 32.2. The fourth-order valence-corrected chi connectivity index (χ4v) is 4.17. The van der Waals surface area contributed by atoms with Crippen LogP contribution in [0.15, 0.2) is 42.5 Å². The molecule has 7 nitrogen and oxygen atoms in total. The summed E-state index contributed by atoms with van der Waals surface area (Å²) in [6.07, 6.45) is 1.73. The second-order valence-corrected chi connectivity index (χ2v) is 9.64. The molecule has 2 amide bonds. The van der Waals surface area contributed by atoms with Gasteiger partial charge < -0.3 is 10.2 Å². The Balaban J connectivity index is 2.43. The minimum atomic E-state index is -4.07. The van der Waals surface area contributed by atoms with Crippen LogP contribution >= 0.6 is 0 Å². The zero-order valence-electron chi connectivity index (χ0n) is 19.2. The lowest BCUT2D eigenvalue weighted by Gasteiger charge is -2.32. The zero-order chi connectivity index (χ0) is 25.5. The van der Waals surface area contributed by atoms with E-state index in [0.29, 0.717) is 28.9 Å². The summed E-state index contributed by atoms with van der Waals surface area (Å²) in [6.45, 7) is 3.12. The van der Waals surface area contributed by atoms with E-state index in [0.717, 1.165) is 18.4 Å². The quantitative estimate of drug-likeness (QED) is 0.515. The van der Waals surface area contributed by atoms with Crippen molar-refractivity contribution in [3.63, 3.8) is 0 Å². The van der Waals surface area contributed by atoms with Gasteiger partial charge in [0.05, 0.1) is 11.9 Å². The summed E-state index contributed by atoms with van der Waals surface area (Å²) < 4.78 is 66.0. The van der Waals surface area contributed by atoms with Gasteiger partial charge in [0.2, 0.25) is 21.8 Å². The first-order valence-electron chi connectivity index (χ1n) is 10.7. The molecule has 0 aliphatic carbocycles. The summed E-state index contributed by atoms with van der Waals surface area (Å²) in [5.74, 6) is -4.07. The standard InChI is InChI=1S/C23H28F3N3O4S/c1-4-12-27-23(31)21(5-2)28(14-16-6-8-17(24)9-7-16)22(30)15-29(34(3,32)33)18-10-11-19(25)20(26)13-18/h6-11,13,21H,4-5,12,14-15H2,1-3H3,(H,27,31)/t21-/m0/s1. The molecule has 0 bridgehead atoms. The molecule has 2 aromatic carbocycles. The van der Waals surface area contributed by atoms with Crippen LogP contribution in [0, 0.1) is 17.5 Å². The normalized spacial score (nSPS) is 12.2. The van der Waals surface area contributed by atoms with Crippen molar-refractivity contribution in [1.29, 1.82) is 0 Å². The average Bonchev–Trinajstić information content (AvgIpc) is 2.78. The van der Waals surface area contributed by atoms with Crippen LogP contribution in [0.3, 0.4) is 0 Å². The number of sulfonamides is 1. The third-order valence-electron chi connectivity index (χ3n) is 5.07. The van der Waals surface area contributed by atoms with Crippen molar-refractivity contribution in [2.24, 2.45) is 0 Å².